The van der Waals surface area contributed by atoms with Gasteiger partial charge < -0.3 is 5.32 Å². The first-order chi connectivity index (χ1) is 14.9. The molecule has 0 spiro atoms. The normalized spacial score (nSPS) is 12.4. The summed E-state index contributed by atoms with van der Waals surface area (Å²) in [5, 5.41) is 11.7. The largest absolute Gasteiger partial charge is 0.341 e. The molecule has 1 amide bonds. The number of aryl methyl sites for hydroxylation is 1. The van der Waals surface area contributed by atoms with Crippen molar-refractivity contribution in [3.8, 4) is 0 Å². The molecule has 4 heterocycles. The van der Waals surface area contributed by atoms with E-state index in [1.807, 2.05) is 35.1 Å². The van der Waals surface area contributed by atoms with Crippen molar-refractivity contribution < 1.29 is 4.79 Å². The SMILES string of the molecule is CSCCC(NC(=O)c1ccc2c(=O)n(C)c(=O)n(C)c2n1)c1nnc2ccccn12. The molecule has 4 aromatic heterocycles. The van der Waals surface area contributed by atoms with Gasteiger partial charge in [-0.1, -0.05) is 6.07 Å². The molecule has 0 aromatic carbocycles. The van der Waals surface area contributed by atoms with Crippen molar-refractivity contribution in [1.29, 1.82) is 0 Å². The van der Waals surface area contributed by atoms with Gasteiger partial charge in [-0.2, -0.15) is 11.8 Å². The molecule has 11 heteroatoms. The predicted octanol–water partition coefficient (Wildman–Crippen LogP) is 0.899. The van der Waals surface area contributed by atoms with Crippen LogP contribution in [0.25, 0.3) is 16.7 Å². The second-order valence-electron chi connectivity index (χ2n) is 7.07. The monoisotopic (exact) mass is 439 g/mol. The van der Waals surface area contributed by atoms with Gasteiger partial charge in [-0.3, -0.25) is 23.1 Å². The van der Waals surface area contributed by atoms with E-state index in [9.17, 15) is 14.4 Å². The highest BCUT2D eigenvalue weighted by atomic mass is 32.2. The fourth-order valence-electron chi connectivity index (χ4n) is 3.41. The molecule has 1 atom stereocenters. The Morgan fingerprint density at radius 2 is 1.94 bits per heavy atom. The maximum atomic E-state index is 13.0. The quantitative estimate of drug-likeness (QED) is 0.474. The summed E-state index contributed by atoms with van der Waals surface area (Å²) in [7, 11) is 2.92. The summed E-state index contributed by atoms with van der Waals surface area (Å²) in [6.07, 6.45) is 4.49. The third kappa shape index (κ3) is 3.72. The van der Waals surface area contributed by atoms with Gasteiger partial charge in [0.25, 0.3) is 11.5 Å². The molecule has 0 saturated carbocycles. The van der Waals surface area contributed by atoms with E-state index in [2.05, 4.69) is 20.5 Å². The molecule has 10 nitrogen and oxygen atoms in total. The summed E-state index contributed by atoms with van der Waals surface area (Å²) in [5.74, 6) is 1.01. The summed E-state index contributed by atoms with van der Waals surface area (Å²) < 4.78 is 4.11. The molecule has 0 radical (unpaired) electrons. The molecule has 31 heavy (non-hydrogen) atoms. The number of carbonyl (C=O) groups excluding carboxylic acids is 1. The third-order valence-electron chi connectivity index (χ3n) is 5.10. The van der Waals surface area contributed by atoms with Crippen LogP contribution in [0.3, 0.4) is 0 Å². The Morgan fingerprint density at radius 3 is 2.71 bits per heavy atom. The Bertz CT molecular complexity index is 1410. The Morgan fingerprint density at radius 1 is 1.13 bits per heavy atom. The van der Waals surface area contributed by atoms with Crippen LogP contribution in [-0.4, -0.2) is 46.6 Å². The number of carbonyl (C=O) groups is 1. The van der Waals surface area contributed by atoms with Crippen molar-refractivity contribution in [2.45, 2.75) is 12.5 Å². The zero-order valence-corrected chi connectivity index (χ0v) is 18.1. The van der Waals surface area contributed by atoms with Crippen molar-refractivity contribution in [2.75, 3.05) is 12.0 Å². The minimum absolute atomic E-state index is 0.110. The number of hydrogen-bond donors (Lipinski definition) is 1. The van der Waals surface area contributed by atoms with E-state index in [0.29, 0.717) is 17.9 Å². The number of rotatable bonds is 6. The summed E-state index contributed by atoms with van der Waals surface area (Å²) in [6, 6.07) is 8.20. The van der Waals surface area contributed by atoms with Crippen LogP contribution >= 0.6 is 11.8 Å². The van der Waals surface area contributed by atoms with Gasteiger partial charge in [-0.25, -0.2) is 9.78 Å². The van der Waals surface area contributed by atoms with Crippen LogP contribution in [-0.2, 0) is 14.1 Å². The number of nitrogens with zero attached hydrogens (tertiary/aromatic N) is 6. The minimum atomic E-state index is -0.504. The van der Waals surface area contributed by atoms with Crippen LogP contribution in [0.15, 0.2) is 46.1 Å². The van der Waals surface area contributed by atoms with Gasteiger partial charge in [0.2, 0.25) is 0 Å². The van der Waals surface area contributed by atoms with Gasteiger partial charge in [0.1, 0.15) is 11.3 Å². The van der Waals surface area contributed by atoms with Crippen LogP contribution in [0.4, 0.5) is 0 Å². The Labute approximate surface area is 180 Å². The van der Waals surface area contributed by atoms with E-state index in [0.717, 1.165) is 10.3 Å². The van der Waals surface area contributed by atoms with Gasteiger partial charge in [-0.05, 0) is 42.7 Å². The van der Waals surface area contributed by atoms with Crippen molar-refractivity contribution in [2.24, 2.45) is 14.1 Å². The molecular weight excluding hydrogens is 418 g/mol. The zero-order chi connectivity index (χ0) is 22.1. The molecule has 4 rings (SSSR count). The molecule has 0 saturated heterocycles. The van der Waals surface area contributed by atoms with E-state index < -0.39 is 17.2 Å². The van der Waals surface area contributed by atoms with E-state index in [1.165, 1.54) is 30.8 Å². The van der Waals surface area contributed by atoms with Crippen LogP contribution in [0.2, 0.25) is 0 Å². The topological polar surface area (TPSA) is 116 Å². The molecule has 1 N–H and O–H groups in total. The minimum Gasteiger partial charge on any atom is -0.341 e. The summed E-state index contributed by atoms with van der Waals surface area (Å²) in [4.78, 5) is 41.9. The lowest BCUT2D eigenvalue weighted by Gasteiger charge is -2.17. The Hall–Kier alpha value is -3.47. The highest BCUT2D eigenvalue weighted by Gasteiger charge is 2.22. The number of amides is 1. The van der Waals surface area contributed by atoms with Crippen LogP contribution < -0.4 is 16.6 Å². The van der Waals surface area contributed by atoms with Crippen LogP contribution in [0.5, 0.6) is 0 Å². The van der Waals surface area contributed by atoms with E-state index in [1.54, 1.807) is 11.8 Å². The van der Waals surface area contributed by atoms with Crippen molar-refractivity contribution in [3.63, 3.8) is 0 Å². The Kier molecular flexibility index (Phi) is 5.59. The predicted molar refractivity (Wildman–Crippen MR) is 118 cm³/mol. The summed E-state index contributed by atoms with van der Waals surface area (Å²) in [5.41, 5.74) is 0.00399. The fourth-order valence-corrected chi connectivity index (χ4v) is 3.88. The fraction of sp³-hybridized carbons (Fsp3) is 0.300. The number of thioether (sulfide) groups is 1. The maximum Gasteiger partial charge on any atom is 0.332 e. The van der Waals surface area contributed by atoms with E-state index in [-0.39, 0.29) is 22.8 Å². The maximum absolute atomic E-state index is 13.0. The van der Waals surface area contributed by atoms with Gasteiger partial charge in [-0.15, -0.1) is 10.2 Å². The lowest BCUT2D eigenvalue weighted by atomic mass is 10.2. The first-order valence-corrected chi connectivity index (χ1v) is 11.0. The van der Waals surface area contributed by atoms with E-state index in [4.69, 9.17) is 0 Å². The lowest BCUT2D eigenvalue weighted by molar-refractivity contribution is 0.0929. The Balaban J connectivity index is 1.71. The molecular formula is C20H21N7O3S. The summed E-state index contributed by atoms with van der Waals surface area (Å²) >= 11 is 1.66. The lowest BCUT2D eigenvalue weighted by Crippen LogP contribution is -2.37. The standard InChI is InChI=1S/C20H21N7O3S/c1-25-16-12(19(29)26(2)20(25)30)7-8-14(21-16)18(28)22-13(9-11-31-3)17-24-23-15-6-4-5-10-27(15)17/h4-8,10,13H,9,11H2,1-3H3,(H,22,28). The zero-order valence-electron chi connectivity index (χ0n) is 17.3. The molecule has 0 aliphatic rings. The second kappa shape index (κ2) is 8.34. The van der Waals surface area contributed by atoms with Crippen LogP contribution in [0.1, 0.15) is 28.8 Å². The third-order valence-corrected chi connectivity index (χ3v) is 5.75. The molecule has 0 aliphatic heterocycles. The highest BCUT2D eigenvalue weighted by Crippen LogP contribution is 2.19. The van der Waals surface area contributed by atoms with Gasteiger partial charge in [0.05, 0.1) is 11.4 Å². The molecule has 160 valence electrons. The van der Waals surface area contributed by atoms with Crippen molar-refractivity contribution in [1.82, 2.24) is 34.0 Å². The number of pyridine rings is 2. The van der Waals surface area contributed by atoms with Crippen molar-refractivity contribution in [3.05, 3.63) is 68.9 Å². The molecule has 0 fully saturated rings. The average molecular weight is 440 g/mol. The summed E-state index contributed by atoms with van der Waals surface area (Å²) in [6.45, 7) is 0. The molecule has 4 aromatic rings. The number of hydrogen-bond acceptors (Lipinski definition) is 7. The highest BCUT2D eigenvalue weighted by molar-refractivity contribution is 7.98. The second-order valence-corrected chi connectivity index (χ2v) is 8.05. The smallest absolute Gasteiger partial charge is 0.332 e. The van der Waals surface area contributed by atoms with Gasteiger partial charge >= 0.3 is 5.69 Å². The number of aromatic nitrogens is 6. The van der Waals surface area contributed by atoms with Gasteiger partial charge in [0.15, 0.2) is 11.5 Å². The average Bonchev–Trinajstić information content (AvgIpc) is 3.22. The number of fused-ring (bicyclic) bond motifs is 2. The molecule has 1 unspecified atom stereocenters. The van der Waals surface area contributed by atoms with E-state index >= 15 is 0 Å². The first kappa shape index (κ1) is 20.8. The molecule has 0 aliphatic carbocycles. The van der Waals surface area contributed by atoms with Crippen molar-refractivity contribution >= 4 is 34.3 Å². The first-order valence-electron chi connectivity index (χ1n) is 9.58. The number of nitrogens with one attached hydrogen (secondary N) is 1. The molecule has 0 bridgehead atoms. The van der Waals surface area contributed by atoms with Crippen LogP contribution in [0, 0.1) is 0 Å². The van der Waals surface area contributed by atoms with Gasteiger partial charge in [0, 0.05) is 20.3 Å².